The third kappa shape index (κ3) is 4.02. The van der Waals surface area contributed by atoms with Crippen LogP contribution in [0.5, 0.6) is 11.5 Å². The summed E-state index contributed by atoms with van der Waals surface area (Å²) in [6.07, 6.45) is 0. The second-order valence-corrected chi connectivity index (χ2v) is 7.17. The summed E-state index contributed by atoms with van der Waals surface area (Å²) in [5.74, 6) is 2.06. The first-order chi connectivity index (χ1) is 9.92. The van der Waals surface area contributed by atoms with Gasteiger partial charge in [-0.15, -0.1) is 0 Å². The molecule has 1 nitrogen and oxygen atoms in total. The molecule has 0 fully saturated rings. The molecule has 0 N–H and O–H groups in total. The zero-order valence-electron chi connectivity index (χ0n) is 12.2. The van der Waals surface area contributed by atoms with Gasteiger partial charge < -0.3 is 4.74 Å². The van der Waals surface area contributed by atoms with E-state index in [9.17, 15) is 0 Å². The SMILES string of the molecule is Cc1cc(Cl)c(C(C)C)cc1Oc1cc(Br)ccc1CBr. The fourth-order valence-electron chi connectivity index (χ4n) is 2.07. The molecule has 0 heterocycles. The maximum absolute atomic E-state index is 6.31. The van der Waals surface area contributed by atoms with Gasteiger partial charge in [0.2, 0.25) is 0 Å². The van der Waals surface area contributed by atoms with Crippen molar-refractivity contribution in [2.24, 2.45) is 0 Å². The molecule has 0 aliphatic carbocycles. The van der Waals surface area contributed by atoms with Crippen molar-refractivity contribution in [1.29, 1.82) is 0 Å². The number of rotatable bonds is 4. The van der Waals surface area contributed by atoms with Crippen molar-refractivity contribution in [2.75, 3.05) is 0 Å². The minimum Gasteiger partial charge on any atom is -0.457 e. The second-order valence-electron chi connectivity index (χ2n) is 5.28. The van der Waals surface area contributed by atoms with E-state index in [1.807, 2.05) is 37.3 Å². The highest BCUT2D eigenvalue weighted by molar-refractivity contribution is 9.10. The molecular formula is C17H17Br2ClO. The van der Waals surface area contributed by atoms with Crippen molar-refractivity contribution in [3.8, 4) is 11.5 Å². The highest BCUT2D eigenvalue weighted by Crippen LogP contribution is 2.36. The van der Waals surface area contributed by atoms with E-state index < -0.39 is 0 Å². The number of ether oxygens (including phenoxy) is 1. The Balaban J connectivity index is 2.44. The quantitative estimate of drug-likeness (QED) is 0.463. The summed E-state index contributed by atoms with van der Waals surface area (Å²) >= 11 is 13.3. The van der Waals surface area contributed by atoms with Crippen LogP contribution in [-0.4, -0.2) is 0 Å². The molecule has 2 rings (SSSR count). The number of alkyl halides is 1. The Labute approximate surface area is 147 Å². The van der Waals surface area contributed by atoms with Gasteiger partial charge in [-0.3, -0.25) is 0 Å². The van der Waals surface area contributed by atoms with E-state index in [2.05, 4.69) is 45.7 Å². The van der Waals surface area contributed by atoms with Gasteiger partial charge in [0.05, 0.1) is 0 Å². The predicted molar refractivity (Wildman–Crippen MR) is 97.1 cm³/mol. The zero-order chi connectivity index (χ0) is 15.6. The van der Waals surface area contributed by atoms with Crippen LogP contribution < -0.4 is 4.74 Å². The molecule has 0 saturated heterocycles. The molecule has 0 bridgehead atoms. The molecule has 0 spiro atoms. The Morgan fingerprint density at radius 2 is 1.86 bits per heavy atom. The number of hydrogen-bond acceptors (Lipinski definition) is 1. The van der Waals surface area contributed by atoms with E-state index in [-0.39, 0.29) is 0 Å². The van der Waals surface area contributed by atoms with Gasteiger partial charge in [0.15, 0.2) is 0 Å². The molecule has 4 heteroatoms. The van der Waals surface area contributed by atoms with Gasteiger partial charge in [-0.2, -0.15) is 0 Å². The van der Waals surface area contributed by atoms with Crippen molar-refractivity contribution < 1.29 is 4.74 Å². The number of aryl methyl sites for hydroxylation is 1. The lowest BCUT2D eigenvalue weighted by Gasteiger charge is -2.16. The maximum atomic E-state index is 6.31. The van der Waals surface area contributed by atoms with Crippen LogP contribution in [0.25, 0.3) is 0 Å². The highest BCUT2D eigenvalue weighted by Gasteiger charge is 2.12. The van der Waals surface area contributed by atoms with Crippen LogP contribution >= 0.6 is 43.5 Å². The summed E-state index contributed by atoms with van der Waals surface area (Å²) in [6, 6.07) is 10.1. The van der Waals surface area contributed by atoms with E-state index in [1.165, 1.54) is 0 Å². The minimum atomic E-state index is 0.360. The molecule has 0 aliphatic rings. The summed E-state index contributed by atoms with van der Waals surface area (Å²) in [5, 5.41) is 1.55. The fraction of sp³-hybridized carbons (Fsp3) is 0.294. The van der Waals surface area contributed by atoms with Crippen LogP contribution in [0.4, 0.5) is 0 Å². The van der Waals surface area contributed by atoms with Crippen molar-refractivity contribution in [3.05, 3.63) is 56.5 Å². The van der Waals surface area contributed by atoms with Gasteiger partial charge in [0.25, 0.3) is 0 Å². The van der Waals surface area contributed by atoms with Crippen LogP contribution in [0.3, 0.4) is 0 Å². The number of benzene rings is 2. The lowest BCUT2D eigenvalue weighted by molar-refractivity contribution is 0.473. The minimum absolute atomic E-state index is 0.360. The largest absolute Gasteiger partial charge is 0.457 e. The Hall–Kier alpha value is -0.510. The number of halogens is 3. The van der Waals surface area contributed by atoms with Gasteiger partial charge in [0.1, 0.15) is 11.5 Å². The molecule has 21 heavy (non-hydrogen) atoms. The molecular weight excluding hydrogens is 415 g/mol. The van der Waals surface area contributed by atoms with Gasteiger partial charge in [0, 0.05) is 20.4 Å². The van der Waals surface area contributed by atoms with Crippen molar-refractivity contribution in [2.45, 2.75) is 32.0 Å². The van der Waals surface area contributed by atoms with E-state index in [4.69, 9.17) is 16.3 Å². The molecule has 0 aromatic heterocycles. The van der Waals surface area contributed by atoms with E-state index >= 15 is 0 Å². The molecule has 0 aliphatic heterocycles. The predicted octanol–water partition coefficient (Wildman–Crippen LogP) is 7.22. The lowest BCUT2D eigenvalue weighted by atomic mass is 10.0. The summed E-state index contributed by atoms with van der Waals surface area (Å²) < 4.78 is 7.14. The van der Waals surface area contributed by atoms with Crippen molar-refractivity contribution >= 4 is 43.5 Å². The average molecular weight is 433 g/mol. The first kappa shape index (κ1) is 16.9. The second kappa shape index (κ2) is 7.17. The van der Waals surface area contributed by atoms with Crippen LogP contribution in [-0.2, 0) is 5.33 Å². The topological polar surface area (TPSA) is 9.23 Å². The van der Waals surface area contributed by atoms with Gasteiger partial charge >= 0.3 is 0 Å². The van der Waals surface area contributed by atoms with E-state index in [0.29, 0.717) is 5.92 Å². The average Bonchev–Trinajstić information content (AvgIpc) is 2.41. The Kier molecular flexibility index (Phi) is 5.75. The smallest absolute Gasteiger partial charge is 0.132 e. The molecule has 0 amide bonds. The summed E-state index contributed by atoms with van der Waals surface area (Å²) in [6.45, 7) is 6.27. The molecule has 112 valence electrons. The fourth-order valence-corrected chi connectivity index (χ4v) is 3.31. The maximum Gasteiger partial charge on any atom is 0.132 e. The Morgan fingerprint density at radius 3 is 2.48 bits per heavy atom. The van der Waals surface area contributed by atoms with E-state index in [1.54, 1.807) is 0 Å². The van der Waals surface area contributed by atoms with Crippen LogP contribution in [0.1, 0.15) is 36.5 Å². The monoisotopic (exact) mass is 430 g/mol. The van der Waals surface area contributed by atoms with Crippen molar-refractivity contribution in [1.82, 2.24) is 0 Å². The van der Waals surface area contributed by atoms with E-state index in [0.717, 1.165) is 43.0 Å². The molecule has 0 saturated carbocycles. The Bertz CT molecular complexity index is 653. The van der Waals surface area contributed by atoms with Gasteiger partial charge in [-0.1, -0.05) is 63.4 Å². The van der Waals surface area contributed by atoms with Gasteiger partial charge in [-0.25, -0.2) is 0 Å². The summed E-state index contributed by atoms with van der Waals surface area (Å²) in [5.41, 5.74) is 3.25. The third-order valence-electron chi connectivity index (χ3n) is 3.31. The normalized spacial score (nSPS) is 11.0. The number of hydrogen-bond donors (Lipinski definition) is 0. The standard InChI is InChI=1S/C17H17Br2ClO/c1-10(2)14-8-16(11(3)6-15(14)20)21-17-7-13(19)5-4-12(17)9-18/h4-8,10H,9H2,1-3H3. The third-order valence-corrected chi connectivity index (χ3v) is 4.73. The van der Waals surface area contributed by atoms with Crippen molar-refractivity contribution in [3.63, 3.8) is 0 Å². The summed E-state index contributed by atoms with van der Waals surface area (Å²) in [4.78, 5) is 0. The first-order valence-corrected chi connectivity index (χ1v) is 9.04. The molecule has 0 atom stereocenters. The van der Waals surface area contributed by atoms with Crippen LogP contribution in [0, 0.1) is 6.92 Å². The van der Waals surface area contributed by atoms with Crippen LogP contribution in [0.15, 0.2) is 34.8 Å². The summed E-state index contributed by atoms with van der Waals surface area (Å²) in [7, 11) is 0. The zero-order valence-corrected chi connectivity index (χ0v) is 16.1. The first-order valence-electron chi connectivity index (χ1n) is 6.74. The molecule has 2 aromatic rings. The molecule has 2 aromatic carbocycles. The van der Waals surface area contributed by atoms with Gasteiger partial charge in [-0.05, 0) is 48.2 Å². The highest BCUT2D eigenvalue weighted by atomic mass is 79.9. The van der Waals surface area contributed by atoms with Crippen LogP contribution in [0.2, 0.25) is 5.02 Å². The Morgan fingerprint density at radius 1 is 1.14 bits per heavy atom. The molecule has 0 radical (unpaired) electrons. The molecule has 0 unspecified atom stereocenters. The lowest BCUT2D eigenvalue weighted by Crippen LogP contribution is -1.96.